The highest BCUT2D eigenvalue weighted by Gasteiger charge is 2.31. The fraction of sp³-hybridized carbons (Fsp3) is 0.222. The smallest absolute Gasteiger partial charge is 0.194 e. The molecular formula is C18H18N2O2. The standard InChI is InChI=1S/C18H18N2O2/c1-19(2)15-9-13-14(10-16(15)20(3)4)18(22)12-8-6-5-7-11(12)17(13)21/h5-10H,1-4H3. The first-order chi connectivity index (χ1) is 10.4. The average molecular weight is 294 g/mol. The molecule has 3 rings (SSSR count). The van der Waals surface area contributed by atoms with E-state index >= 15 is 0 Å². The second-order valence-corrected chi connectivity index (χ2v) is 5.88. The molecule has 0 fully saturated rings. The van der Waals surface area contributed by atoms with E-state index in [1.807, 2.05) is 50.1 Å². The average Bonchev–Trinajstić information content (AvgIpc) is 2.51. The van der Waals surface area contributed by atoms with Crippen molar-refractivity contribution in [2.45, 2.75) is 0 Å². The molecule has 0 aliphatic heterocycles. The van der Waals surface area contributed by atoms with Crippen LogP contribution in [0.2, 0.25) is 0 Å². The second-order valence-electron chi connectivity index (χ2n) is 5.88. The summed E-state index contributed by atoms with van der Waals surface area (Å²) in [6.07, 6.45) is 0. The first-order valence-corrected chi connectivity index (χ1v) is 7.13. The molecule has 4 nitrogen and oxygen atoms in total. The van der Waals surface area contributed by atoms with Crippen LogP contribution in [0, 0.1) is 0 Å². The molecule has 0 saturated heterocycles. The van der Waals surface area contributed by atoms with Crippen molar-refractivity contribution in [2.75, 3.05) is 38.0 Å². The molecule has 2 aromatic carbocycles. The minimum Gasteiger partial charge on any atom is -0.376 e. The highest BCUT2D eigenvalue weighted by molar-refractivity contribution is 6.29. The van der Waals surface area contributed by atoms with Gasteiger partial charge < -0.3 is 9.80 Å². The van der Waals surface area contributed by atoms with Crippen LogP contribution in [0.4, 0.5) is 11.4 Å². The Balaban J connectivity index is 2.29. The fourth-order valence-corrected chi connectivity index (χ4v) is 2.84. The minimum absolute atomic E-state index is 0.0846. The van der Waals surface area contributed by atoms with Gasteiger partial charge in [-0.3, -0.25) is 9.59 Å². The number of hydrogen-bond donors (Lipinski definition) is 0. The van der Waals surface area contributed by atoms with Crippen molar-refractivity contribution in [2.24, 2.45) is 0 Å². The molecule has 0 aromatic heterocycles. The van der Waals surface area contributed by atoms with Crippen molar-refractivity contribution in [1.29, 1.82) is 0 Å². The van der Waals surface area contributed by atoms with Gasteiger partial charge in [-0.1, -0.05) is 24.3 Å². The Hall–Kier alpha value is -2.62. The predicted molar refractivity (Wildman–Crippen MR) is 88.4 cm³/mol. The van der Waals surface area contributed by atoms with E-state index in [2.05, 4.69) is 0 Å². The Bertz CT molecular complexity index is 726. The lowest BCUT2D eigenvalue weighted by Crippen LogP contribution is -2.24. The Kier molecular flexibility index (Phi) is 3.24. The highest BCUT2D eigenvalue weighted by atomic mass is 16.1. The summed E-state index contributed by atoms with van der Waals surface area (Å²) in [5, 5.41) is 0. The van der Waals surface area contributed by atoms with Gasteiger partial charge >= 0.3 is 0 Å². The molecule has 22 heavy (non-hydrogen) atoms. The molecule has 1 aliphatic rings. The molecule has 0 heterocycles. The molecule has 0 unspecified atom stereocenters. The molecule has 0 atom stereocenters. The molecule has 0 amide bonds. The van der Waals surface area contributed by atoms with E-state index in [-0.39, 0.29) is 11.6 Å². The number of hydrogen-bond acceptors (Lipinski definition) is 4. The summed E-state index contributed by atoms with van der Waals surface area (Å²) in [4.78, 5) is 29.4. The van der Waals surface area contributed by atoms with Crippen molar-refractivity contribution < 1.29 is 9.59 Å². The molecule has 4 heteroatoms. The number of carbonyl (C=O) groups excluding carboxylic acids is 2. The lowest BCUT2D eigenvalue weighted by atomic mass is 9.83. The van der Waals surface area contributed by atoms with Crippen LogP contribution in [0.15, 0.2) is 36.4 Å². The number of anilines is 2. The first kappa shape index (κ1) is 14.3. The van der Waals surface area contributed by atoms with Gasteiger partial charge in [-0.25, -0.2) is 0 Å². The fourth-order valence-electron chi connectivity index (χ4n) is 2.84. The Morgan fingerprint density at radius 2 is 1.00 bits per heavy atom. The van der Waals surface area contributed by atoms with Crippen molar-refractivity contribution >= 4 is 22.9 Å². The van der Waals surface area contributed by atoms with Crippen LogP contribution in [-0.4, -0.2) is 39.8 Å². The lowest BCUT2D eigenvalue weighted by molar-refractivity contribution is 0.0979. The molecule has 0 N–H and O–H groups in total. The van der Waals surface area contributed by atoms with E-state index in [1.54, 1.807) is 24.3 Å². The molecule has 2 aromatic rings. The maximum atomic E-state index is 12.7. The first-order valence-electron chi connectivity index (χ1n) is 7.13. The number of carbonyl (C=O) groups is 2. The van der Waals surface area contributed by atoms with E-state index < -0.39 is 0 Å². The number of ketones is 2. The summed E-state index contributed by atoms with van der Waals surface area (Å²) in [6.45, 7) is 0. The number of nitrogens with zero attached hydrogens (tertiary/aromatic N) is 2. The summed E-state index contributed by atoms with van der Waals surface area (Å²) in [5.41, 5.74) is 3.79. The van der Waals surface area contributed by atoms with Gasteiger partial charge in [0.2, 0.25) is 0 Å². The zero-order valence-corrected chi connectivity index (χ0v) is 13.2. The maximum absolute atomic E-state index is 12.7. The third-order valence-electron chi connectivity index (χ3n) is 3.98. The predicted octanol–water partition coefficient (Wildman–Crippen LogP) is 2.59. The number of benzene rings is 2. The van der Waals surface area contributed by atoms with Crippen LogP contribution in [0.5, 0.6) is 0 Å². The van der Waals surface area contributed by atoms with Crippen LogP contribution in [-0.2, 0) is 0 Å². The molecule has 112 valence electrons. The SMILES string of the molecule is CN(C)c1cc2c(cc1N(C)C)C(=O)c1ccccc1C2=O. The lowest BCUT2D eigenvalue weighted by Gasteiger charge is -2.26. The van der Waals surface area contributed by atoms with Gasteiger partial charge in [0, 0.05) is 50.4 Å². The largest absolute Gasteiger partial charge is 0.376 e. The van der Waals surface area contributed by atoms with Gasteiger partial charge in [0.1, 0.15) is 0 Å². The second kappa shape index (κ2) is 4.98. The molecule has 0 spiro atoms. The Labute approximate surface area is 130 Å². The maximum Gasteiger partial charge on any atom is 0.194 e. The van der Waals surface area contributed by atoms with Gasteiger partial charge in [0.25, 0.3) is 0 Å². The molecule has 0 bridgehead atoms. The van der Waals surface area contributed by atoms with Gasteiger partial charge in [-0.15, -0.1) is 0 Å². The summed E-state index contributed by atoms with van der Waals surface area (Å²) in [5.74, 6) is -0.169. The summed E-state index contributed by atoms with van der Waals surface area (Å²) < 4.78 is 0. The van der Waals surface area contributed by atoms with E-state index in [1.165, 1.54) is 0 Å². The molecule has 0 radical (unpaired) electrons. The zero-order chi connectivity index (χ0) is 16.0. The monoisotopic (exact) mass is 294 g/mol. The van der Waals surface area contributed by atoms with Gasteiger partial charge in [0.15, 0.2) is 11.6 Å². The summed E-state index contributed by atoms with van der Waals surface area (Å²) >= 11 is 0. The van der Waals surface area contributed by atoms with E-state index in [0.29, 0.717) is 22.3 Å². The van der Waals surface area contributed by atoms with E-state index in [9.17, 15) is 9.59 Å². The van der Waals surface area contributed by atoms with Crippen molar-refractivity contribution in [3.63, 3.8) is 0 Å². The van der Waals surface area contributed by atoms with E-state index in [4.69, 9.17) is 0 Å². The van der Waals surface area contributed by atoms with Crippen LogP contribution < -0.4 is 9.80 Å². The van der Waals surface area contributed by atoms with Crippen LogP contribution in [0.1, 0.15) is 31.8 Å². The number of fused-ring (bicyclic) bond motifs is 2. The molecule has 0 saturated carbocycles. The van der Waals surface area contributed by atoms with Gasteiger partial charge in [0.05, 0.1) is 11.4 Å². The van der Waals surface area contributed by atoms with Crippen LogP contribution >= 0.6 is 0 Å². The summed E-state index contributed by atoms with van der Waals surface area (Å²) in [7, 11) is 7.71. The van der Waals surface area contributed by atoms with E-state index in [0.717, 1.165) is 11.4 Å². The van der Waals surface area contributed by atoms with Crippen molar-refractivity contribution in [3.05, 3.63) is 58.7 Å². The Morgan fingerprint density at radius 1 is 0.636 bits per heavy atom. The third kappa shape index (κ3) is 1.99. The summed E-state index contributed by atoms with van der Waals surface area (Å²) in [6, 6.07) is 10.6. The molecule has 1 aliphatic carbocycles. The zero-order valence-electron chi connectivity index (χ0n) is 13.2. The molecular weight excluding hydrogens is 276 g/mol. The normalized spacial score (nSPS) is 12.7. The van der Waals surface area contributed by atoms with Crippen LogP contribution in [0.25, 0.3) is 0 Å². The number of rotatable bonds is 2. The van der Waals surface area contributed by atoms with Crippen molar-refractivity contribution in [1.82, 2.24) is 0 Å². The third-order valence-corrected chi connectivity index (χ3v) is 3.98. The van der Waals surface area contributed by atoms with Crippen LogP contribution in [0.3, 0.4) is 0 Å². The Morgan fingerprint density at radius 3 is 1.32 bits per heavy atom. The van der Waals surface area contributed by atoms with Gasteiger partial charge in [-0.05, 0) is 12.1 Å². The topological polar surface area (TPSA) is 40.6 Å². The highest BCUT2D eigenvalue weighted by Crippen LogP contribution is 2.35. The van der Waals surface area contributed by atoms with Gasteiger partial charge in [-0.2, -0.15) is 0 Å². The quantitative estimate of drug-likeness (QED) is 0.728. The van der Waals surface area contributed by atoms with Crippen molar-refractivity contribution in [3.8, 4) is 0 Å². The minimum atomic E-state index is -0.0846.